The number of benzene rings is 3. The van der Waals surface area contributed by atoms with Gasteiger partial charge in [-0.15, -0.1) is 0 Å². The highest BCUT2D eigenvalue weighted by Crippen LogP contribution is 2.44. The molecule has 38 heavy (non-hydrogen) atoms. The number of esters is 1. The molecule has 4 rings (SSSR count). The Bertz CT molecular complexity index is 1330. The number of aromatic carboxylic acids is 1. The molecule has 1 aliphatic rings. The lowest BCUT2D eigenvalue weighted by atomic mass is 9.98. The van der Waals surface area contributed by atoms with E-state index >= 15 is 0 Å². The van der Waals surface area contributed by atoms with Crippen LogP contribution in [-0.2, 0) is 20.8 Å². The number of anilines is 1. The van der Waals surface area contributed by atoms with Gasteiger partial charge in [0.15, 0.2) is 0 Å². The van der Waals surface area contributed by atoms with Crippen LogP contribution in [0.1, 0.15) is 59.3 Å². The van der Waals surface area contributed by atoms with E-state index in [-0.39, 0.29) is 31.2 Å². The van der Waals surface area contributed by atoms with Crippen molar-refractivity contribution >= 4 is 23.7 Å². The second kappa shape index (κ2) is 11.1. The summed E-state index contributed by atoms with van der Waals surface area (Å²) in [5.74, 6) is -1.62. The van der Waals surface area contributed by atoms with E-state index in [0.29, 0.717) is 16.8 Å². The van der Waals surface area contributed by atoms with Gasteiger partial charge in [0.2, 0.25) is 0 Å². The van der Waals surface area contributed by atoms with Gasteiger partial charge in [0.05, 0.1) is 12.1 Å². The van der Waals surface area contributed by atoms with Gasteiger partial charge in [-0.05, 0) is 73.2 Å². The van der Waals surface area contributed by atoms with E-state index in [2.05, 4.69) is 22.8 Å². The molecule has 8 nitrogen and oxygen atoms in total. The topological polar surface area (TPSA) is 114 Å². The molecule has 0 aromatic heterocycles. The molecule has 0 spiro atoms. The van der Waals surface area contributed by atoms with Gasteiger partial charge in [-0.3, -0.25) is 10.1 Å². The number of carbonyl (C=O) groups excluding carboxylic acids is 2. The molecule has 198 valence electrons. The smallest absolute Gasteiger partial charge is 0.411 e. The maximum Gasteiger partial charge on any atom is 0.411 e. The number of carbonyl (C=O) groups is 3. The Morgan fingerprint density at radius 1 is 0.947 bits per heavy atom. The quantitative estimate of drug-likeness (QED) is 0.340. The van der Waals surface area contributed by atoms with Crippen LogP contribution in [0.15, 0.2) is 60.7 Å². The Morgan fingerprint density at radius 2 is 1.55 bits per heavy atom. The number of amides is 1. The molecular formula is C30H32N2O6. The van der Waals surface area contributed by atoms with Crippen LogP contribution < -0.4 is 10.6 Å². The highest BCUT2D eigenvalue weighted by Gasteiger charge is 2.29. The standard InChI is InChI=1S/C30H32N2O6/c1-18-19(15-31-16-27(33)38-30(2,3)4)13-20(14-25(18)28(34)35)32-29(36)37-17-26-23-11-7-5-9-21(23)22-10-6-8-12-24(22)26/h5-14,26,31H,15-17H2,1-4H3,(H,32,36)(H,34,35). The summed E-state index contributed by atoms with van der Waals surface area (Å²) in [5.41, 5.74) is 5.37. The number of hydrogen-bond donors (Lipinski definition) is 3. The maximum atomic E-state index is 12.7. The first kappa shape index (κ1) is 26.9. The van der Waals surface area contributed by atoms with Crippen LogP contribution in [0.3, 0.4) is 0 Å². The van der Waals surface area contributed by atoms with E-state index in [1.165, 1.54) is 6.07 Å². The molecule has 0 radical (unpaired) electrons. The molecule has 1 aliphatic carbocycles. The molecule has 3 aromatic carbocycles. The van der Waals surface area contributed by atoms with Crippen LogP contribution >= 0.6 is 0 Å². The molecule has 0 saturated carbocycles. The summed E-state index contributed by atoms with van der Waals surface area (Å²) in [5, 5.41) is 15.3. The lowest BCUT2D eigenvalue weighted by Crippen LogP contribution is -2.31. The summed E-state index contributed by atoms with van der Waals surface area (Å²) in [6.45, 7) is 7.35. The molecule has 8 heteroatoms. The van der Waals surface area contributed by atoms with Gasteiger partial charge in [0, 0.05) is 18.2 Å². The fourth-order valence-electron chi connectivity index (χ4n) is 4.68. The van der Waals surface area contributed by atoms with Gasteiger partial charge in [0.25, 0.3) is 0 Å². The molecule has 3 aromatic rings. The first-order valence-corrected chi connectivity index (χ1v) is 12.4. The molecular weight excluding hydrogens is 484 g/mol. The molecule has 0 aliphatic heterocycles. The molecule has 0 atom stereocenters. The molecule has 0 heterocycles. The zero-order valence-electron chi connectivity index (χ0n) is 22.0. The zero-order chi connectivity index (χ0) is 27.4. The number of carboxylic acid groups (broad SMARTS) is 1. The highest BCUT2D eigenvalue weighted by atomic mass is 16.6. The Kier molecular flexibility index (Phi) is 7.83. The van der Waals surface area contributed by atoms with Crippen molar-refractivity contribution in [1.29, 1.82) is 0 Å². The van der Waals surface area contributed by atoms with E-state index in [1.54, 1.807) is 33.8 Å². The van der Waals surface area contributed by atoms with Gasteiger partial charge < -0.3 is 19.9 Å². The predicted octanol–water partition coefficient (Wildman–Crippen LogP) is 5.49. The summed E-state index contributed by atoms with van der Waals surface area (Å²) in [7, 11) is 0. The number of fused-ring (bicyclic) bond motifs is 3. The minimum atomic E-state index is -1.12. The van der Waals surface area contributed by atoms with Gasteiger partial charge in [-0.1, -0.05) is 48.5 Å². The monoisotopic (exact) mass is 516 g/mol. The van der Waals surface area contributed by atoms with Crippen LogP contribution in [0.5, 0.6) is 0 Å². The zero-order valence-corrected chi connectivity index (χ0v) is 22.0. The highest BCUT2D eigenvalue weighted by molar-refractivity contribution is 5.93. The van der Waals surface area contributed by atoms with Crippen molar-refractivity contribution in [1.82, 2.24) is 5.32 Å². The third-order valence-electron chi connectivity index (χ3n) is 6.34. The van der Waals surface area contributed by atoms with Crippen LogP contribution in [0.2, 0.25) is 0 Å². The molecule has 1 amide bonds. The predicted molar refractivity (Wildman–Crippen MR) is 144 cm³/mol. The van der Waals surface area contributed by atoms with Crippen molar-refractivity contribution in [3.8, 4) is 11.1 Å². The second-order valence-corrected chi connectivity index (χ2v) is 10.3. The van der Waals surface area contributed by atoms with E-state index in [9.17, 15) is 19.5 Å². The number of carboxylic acids is 1. The molecule has 0 bridgehead atoms. The third-order valence-corrected chi connectivity index (χ3v) is 6.34. The lowest BCUT2D eigenvalue weighted by molar-refractivity contribution is -0.153. The summed E-state index contributed by atoms with van der Waals surface area (Å²) in [6.07, 6.45) is -0.681. The van der Waals surface area contributed by atoms with Crippen LogP contribution in [0, 0.1) is 6.92 Å². The number of ether oxygens (including phenoxy) is 2. The average molecular weight is 517 g/mol. The van der Waals surface area contributed by atoms with Crippen molar-refractivity contribution in [2.24, 2.45) is 0 Å². The largest absolute Gasteiger partial charge is 0.478 e. The summed E-state index contributed by atoms with van der Waals surface area (Å²) in [6, 6.07) is 19.2. The van der Waals surface area contributed by atoms with E-state index in [4.69, 9.17) is 9.47 Å². The van der Waals surface area contributed by atoms with Crippen molar-refractivity contribution in [2.75, 3.05) is 18.5 Å². The van der Waals surface area contributed by atoms with Gasteiger partial charge in [-0.2, -0.15) is 0 Å². The number of hydrogen-bond acceptors (Lipinski definition) is 6. The summed E-state index contributed by atoms with van der Waals surface area (Å²) >= 11 is 0. The van der Waals surface area contributed by atoms with Crippen LogP contribution in [0.4, 0.5) is 10.5 Å². The fourth-order valence-corrected chi connectivity index (χ4v) is 4.68. The minimum Gasteiger partial charge on any atom is -0.478 e. The van der Waals surface area contributed by atoms with E-state index in [0.717, 1.165) is 22.3 Å². The SMILES string of the molecule is Cc1c(CNCC(=O)OC(C)(C)C)cc(NC(=O)OCC2c3ccccc3-c3ccccc32)cc1C(=O)O. The van der Waals surface area contributed by atoms with Crippen molar-refractivity contribution in [2.45, 2.75) is 45.8 Å². The van der Waals surface area contributed by atoms with E-state index < -0.39 is 23.6 Å². The Morgan fingerprint density at radius 3 is 2.13 bits per heavy atom. The Balaban J connectivity index is 1.43. The molecule has 0 fully saturated rings. The first-order valence-electron chi connectivity index (χ1n) is 12.4. The van der Waals surface area contributed by atoms with Crippen molar-refractivity contribution < 1.29 is 29.0 Å². The first-order chi connectivity index (χ1) is 18.0. The van der Waals surface area contributed by atoms with Gasteiger partial charge in [-0.25, -0.2) is 9.59 Å². The lowest BCUT2D eigenvalue weighted by Gasteiger charge is -2.20. The summed E-state index contributed by atoms with van der Waals surface area (Å²) in [4.78, 5) is 36.6. The number of nitrogens with one attached hydrogen (secondary N) is 2. The van der Waals surface area contributed by atoms with Crippen LogP contribution in [-0.4, -0.2) is 41.9 Å². The Hall–Kier alpha value is -4.17. The van der Waals surface area contributed by atoms with Crippen molar-refractivity contribution in [3.63, 3.8) is 0 Å². The minimum absolute atomic E-state index is 0.0385. The molecule has 3 N–H and O–H groups in total. The second-order valence-electron chi connectivity index (χ2n) is 10.3. The van der Waals surface area contributed by atoms with Gasteiger partial charge in [0.1, 0.15) is 12.2 Å². The normalized spacial score (nSPS) is 12.4. The van der Waals surface area contributed by atoms with Gasteiger partial charge >= 0.3 is 18.0 Å². The fraction of sp³-hybridized carbons (Fsp3) is 0.300. The molecule has 0 unspecified atom stereocenters. The maximum absolute atomic E-state index is 12.7. The third kappa shape index (κ3) is 6.20. The average Bonchev–Trinajstić information content (AvgIpc) is 3.17. The Labute approximate surface area is 222 Å². The van der Waals surface area contributed by atoms with E-state index in [1.807, 2.05) is 36.4 Å². The molecule has 0 saturated heterocycles. The van der Waals surface area contributed by atoms with Crippen molar-refractivity contribution in [3.05, 3.63) is 88.5 Å². The van der Waals surface area contributed by atoms with Crippen LogP contribution in [0.25, 0.3) is 11.1 Å². The number of rotatable bonds is 8. The summed E-state index contributed by atoms with van der Waals surface area (Å²) < 4.78 is 10.9.